The zero-order valence-electron chi connectivity index (χ0n) is 12.6. The minimum absolute atomic E-state index is 0.0934. The van der Waals surface area contributed by atoms with Crippen molar-refractivity contribution in [3.63, 3.8) is 0 Å². The maximum atomic E-state index is 12.8. The Bertz CT molecular complexity index is 788. The number of ketones is 2. The molecule has 4 heteroatoms. The van der Waals surface area contributed by atoms with Crippen molar-refractivity contribution >= 4 is 28.7 Å². The topological polar surface area (TPSA) is 43.4 Å². The number of rotatable bonds is 4. The Morgan fingerprint density at radius 1 is 1.09 bits per heavy atom. The van der Waals surface area contributed by atoms with Crippen LogP contribution in [0, 0.1) is 0 Å². The highest BCUT2D eigenvalue weighted by Crippen LogP contribution is 2.38. The van der Waals surface area contributed by atoms with Gasteiger partial charge in [-0.15, -0.1) is 0 Å². The Hall–Kier alpha value is -2.23. The number of ether oxygens (including phenoxy) is 1. The third kappa shape index (κ3) is 2.42. The van der Waals surface area contributed by atoms with Crippen LogP contribution in [0.25, 0.3) is 5.57 Å². The summed E-state index contributed by atoms with van der Waals surface area (Å²) >= 11 is 6.00. The highest BCUT2D eigenvalue weighted by atomic mass is 35.5. The van der Waals surface area contributed by atoms with Gasteiger partial charge >= 0.3 is 0 Å². The summed E-state index contributed by atoms with van der Waals surface area (Å²) in [6, 6.07) is 13.9. The van der Waals surface area contributed by atoms with Gasteiger partial charge in [0.15, 0.2) is 5.60 Å². The summed E-state index contributed by atoms with van der Waals surface area (Å²) in [5.41, 5.74) is 0.675. The summed E-state index contributed by atoms with van der Waals surface area (Å²) in [6.07, 6.45) is 0.0934. The standard InChI is InChI=1S/C19H15ClO3/c1-12(13-6-5-7-14(20)10-13)11-19(23-2)17(21)15-8-3-4-9-16(15)18(19)22/h3-10H,1,11H2,2H3. The van der Waals surface area contributed by atoms with Crippen molar-refractivity contribution in [1.82, 2.24) is 0 Å². The maximum Gasteiger partial charge on any atom is 0.203 e. The molecule has 0 atom stereocenters. The summed E-state index contributed by atoms with van der Waals surface area (Å²) in [7, 11) is 1.38. The molecule has 2 aromatic rings. The van der Waals surface area contributed by atoms with E-state index in [-0.39, 0.29) is 18.0 Å². The molecule has 0 aliphatic heterocycles. The maximum absolute atomic E-state index is 12.8. The molecule has 0 amide bonds. The largest absolute Gasteiger partial charge is 0.362 e. The van der Waals surface area contributed by atoms with E-state index in [1.807, 2.05) is 6.07 Å². The Morgan fingerprint density at radius 2 is 1.70 bits per heavy atom. The van der Waals surface area contributed by atoms with Gasteiger partial charge in [0.2, 0.25) is 11.6 Å². The monoisotopic (exact) mass is 326 g/mol. The average Bonchev–Trinajstić information content (AvgIpc) is 2.77. The highest BCUT2D eigenvalue weighted by Gasteiger charge is 2.53. The van der Waals surface area contributed by atoms with Crippen LogP contribution in [0.1, 0.15) is 32.7 Å². The van der Waals surface area contributed by atoms with Gasteiger partial charge in [-0.2, -0.15) is 0 Å². The Morgan fingerprint density at radius 3 is 2.22 bits per heavy atom. The number of carbonyl (C=O) groups excluding carboxylic acids is 2. The summed E-state index contributed by atoms with van der Waals surface area (Å²) in [5.74, 6) is -0.632. The predicted molar refractivity (Wildman–Crippen MR) is 89.9 cm³/mol. The first kappa shape index (κ1) is 15.7. The van der Waals surface area contributed by atoms with E-state index in [2.05, 4.69) is 6.58 Å². The lowest BCUT2D eigenvalue weighted by molar-refractivity contribution is 0.0142. The van der Waals surface area contributed by atoms with Gasteiger partial charge in [-0.1, -0.05) is 54.6 Å². The number of carbonyl (C=O) groups is 2. The fourth-order valence-electron chi connectivity index (χ4n) is 2.95. The molecule has 0 bridgehead atoms. The lowest BCUT2D eigenvalue weighted by atomic mass is 9.87. The first-order valence-corrected chi connectivity index (χ1v) is 7.55. The molecule has 0 N–H and O–H groups in total. The molecular weight excluding hydrogens is 312 g/mol. The van der Waals surface area contributed by atoms with Crippen molar-refractivity contribution in [2.75, 3.05) is 7.11 Å². The molecular formula is C19H15ClO3. The van der Waals surface area contributed by atoms with Crippen molar-refractivity contribution in [1.29, 1.82) is 0 Å². The number of fused-ring (bicyclic) bond motifs is 1. The van der Waals surface area contributed by atoms with E-state index in [4.69, 9.17) is 16.3 Å². The van der Waals surface area contributed by atoms with Gasteiger partial charge in [0.05, 0.1) is 0 Å². The van der Waals surface area contributed by atoms with Crippen molar-refractivity contribution in [3.05, 3.63) is 76.8 Å². The molecule has 0 unspecified atom stereocenters. The van der Waals surface area contributed by atoms with Crippen molar-refractivity contribution in [2.45, 2.75) is 12.0 Å². The van der Waals surface area contributed by atoms with Crippen LogP contribution in [0.5, 0.6) is 0 Å². The number of Topliss-reactive ketones (excluding diaryl/α,β-unsaturated/α-hetero) is 2. The second-order valence-electron chi connectivity index (χ2n) is 5.53. The second kappa shape index (κ2) is 5.76. The molecule has 0 saturated carbocycles. The van der Waals surface area contributed by atoms with Gasteiger partial charge in [0.25, 0.3) is 0 Å². The zero-order valence-corrected chi connectivity index (χ0v) is 13.4. The first-order chi connectivity index (χ1) is 11.0. The van der Waals surface area contributed by atoms with Gasteiger partial charge in [0, 0.05) is 29.7 Å². The van der Waals surface area contributed by atoms with Crippen molar-refractivity contribution in [2.24, 2.45) is 0 Å². The molecule has 2 aromatic carbocycles. The van der Waals surface area contributed by atoms with Gasteiger partial charge < -0.3 is 4.74 Å². The van der Waals surface area contributed by atoms with Gasteiger partial charge in [0.1, 0.15) is 0 Å². The molecule has 0 radical (unpaired) electrons. The predicted octanol–water partition coefficient (Wildman–Crippen LogP) is 4.21. The molecule has 0 spiro atoms. The van der Waals surface area contributed by atoms with Crippen LogP contribution in [0.15, 0.2) is 55.1 Å². The molecule has 0 fully saturated rings. The summed E-state index contributed by atoms with van der Waals surface area (Å²) in [6.45, 7) is 4.01. The Kier molecular flexibility index (Phi) is 3.92. The fraction of sp³-hybridized carbons (Fsp3) is 0.158. The van der Waals surface area contributed by atoms with Crippen LogP contribution in [-0.4, -0.2) is 24.3 Å². The van der Waals surface area contributed by atoms with E-state index in [1.54, 1.807) is 42.5 Å². The molecule has 1 aliphatic rings. The van der Waals surface area contributed by atoms with E-state index in [0.717, 1.165) is 5.56 Å². The van der Waals surface area contributed by atoms with Gasteiger partial charge in [-0.3, -0.25) is 9.59 Å². The van der Waals surface area contributed by atoms with Gasteiger partial charge in [-0.05, 0) is 23.3 Å². The fourth-order valence-corrected chi connectivity index (χ4v) is 3.14. The van der Waals surface area contributed by atoms with Crippen molar-refractivity contribution in [3.8, 4) is 0 Å². The number of hydrogen-bond donors (Lipinski definition) is 0. The summed E-state index contributed by atoms with van der Waals surface area (Å²) in [4.78, 5) is 25.6. The lowest BCUT2D eigenvalue weighted by Crippen LogP contribution is -2.43. The highest BCUT2D eigenvalue weighted by molar-refractivity contribution is 6.33. The summed E-state index contributed by atoms with van der Waals surface area (Å²) < 4.78 is 5.44. The lowest BCUT2D eigenvalue weighted by Gasteiger charge is -2.25. The third-order valence-electron chi connectivity index (χ3n) is 4.19. The van der Waals surface area contributed by atoms with Crippen LogP contribution in [0.4, 0.5) is 0 Å². The van der Waals surface area contributed by atoms with E-state index >= 15 is 0 Å². The van der Waals surface area contributed by atoms with E-state index in [9.17, 15) is 9.59 Å². The smallest absolute Gasteiger partial charge is 0.203 e. The number of benzene rings is 2. The molecule has 1 aliphatic carbocycles. The molecule has 0 heterocycles. The third-order valence-corrected chi connectivity index (χ3v) is 4.43. The number of methoxy groups -OCH3 is 1. The van der Waals surface area contributed by atoms with Gasteiger partial charge in [-0.25, -0.2) is 0 Å². The van der Waals surface area contributed by atoms with Crippen molar-refractivity contribution < 1.29 is 14.3 Å². The SMILES string of the molecule is C=C(CC1(OC)C(=O)c2ccccc2C1=O)c1cccc(Cl)c1. The summed E-state index contributed by atoms with van der Waals surface area (Å²) in [5, 5.41) is 0.572. The van der Waals surface area contributed by atoms with E-state index in [0.29, 0.717) is 21.7 Å². The number of halogens is 1. The molecule has 3 nitrogen and oxygen atoms in total. The van der Waals surface area contributed by atoms with Crippen LogP contribution in [0.3, 0.4) is 0 Å². The minimum atomic E-state index is -1.54. The molecule has 116 valence electrons. The Balaban J connectivity index is 1.99. The first-order valence-electron chi connectivity index (χ1n) is 7.17. The van der Waals surface area contributed by atoms with Crippen LogP contribution < -0.4 is 0 Å². The number of hydrogen-bond acceptors (Lipinski definition) is 3. The molecule has 3 rings (SSSR count). The van der Waals surface area contributed by atoms with Crippen LogP contribution in [-0.2, 0) is 4.74 Å². The van der Waals surface area contributed by atoms with E-state index in [1.165, 1.54) is 7.11 Å². The van der Waals surface area contributed by atoms with E-state index < -0.39 is 5.60 Å². The van der Waals surface area contributed by atoms with Crippen LogP contribution in [0.2, 0.25) is 5.02 Å². The molecule has 0 saturated heterocycles. The average molecular weight is 327 g/mol. The second-order valence-corrected chi connectivity index (χ2v) is 5.96. The normalized spacial score (nSPS) is 15.6. The molecule has 23 heavy (non-hydrogen) atoms. The zero-order chi connectivity index (χ0) is 16.6. The minimum Gasteiger partial charge on any atom is -0.362 e. The van der Waals surface area contributed by atoms with Crippen LogP contribution >= 0.6 is 11.6 Å². The quantitative estimate of drug-likeness (QED) is 0.790. The Labute approximate surface area is 139 Å². The molecule has 0 aromatic heterocycles.